The highest BCUT2D eigenvalue weighted by molar-refractivity contribution is 5.81. The summed E-state index contributed by atoms with van der Waals surface area (Å²) in [6.45, 7) is -0.237. The van der Waals surface area contributed by atoms with Gasteiger partial charge in [-0.25, -0.2) is 0 Å². The van der Waals surface area contributed by atoms with Crippen molar-refractivity contribution < 1.29 is 22.7 Å². The fourth-order valence-electron chi connectivity index (χ4n) is 0.904. The fourth-order valence-corrected chi connectivity index (χ4v) is 0.904. The molecule has 0 aliphatic carbocycles. The Kier molecular flexibility index (Phi) is 5.71. The number of nitrogens with zero attached hydrogens (tertiary/aromatic N) is 1. The van der Waals surface area contributed by atoms with Crippen LogP contribution in [0.4, 0.5) is 13.2 Å². The van der Waals surface area contributed by atoms with Crippen molar-refractivity contribution in [1.29, 1.82) is 0 Å². The molecule has 14 heavy (non-hydrogen) atoms. The van der Waals surface area contributed by atoms with Crippen LogP contribution in [0.25, 0.3) is 0 Å². The van der Waals surface area contributed by atoms with Crippen LogP contribution < -0.4 is 0 Å². The van der Waals surface area contributed by atoms with Gasteiger partial charge >= 0.3 is 6.18 Å². The molecule has 0 saturated carbocycles. The van der Waals surface area contributed by atoms with E-state index in [2.05, 4.69) is 4.74 Å². The van der Waals surface area contributed by atoms with Crippen molar-refractivity contribution in [3.8, 4) is 0 Å². The molecular formula is C8H14F3NO2. The smallest absolute Gasteiger partial charge is 0.377 e. The number of ketones is 1. The lowest BCUT2D eigenvalue weighted by atomic mass is 10.3. The van der Waals surface area contributed by atoms with E-state index >= 15 is 0 Å². The molecule has 84 valence electrons. The first-order valence-electron chi connectivity index (χ1n) is 4.11. The molecule has 0 bridgehead atoms. The van der Waals surface area contributed by atoms with Crippen LogP contribution in [0, 0.1) is 0 Å². The Labute approximate surface area is 80.8 Å². The van der Waals surface area contributed by atoms with E-state index in [0.717, 1.165) is 0 Å². The number of carbonyl (C=O) groups excluding carboxylic acids is 1. The molecule has 0 aromatic carbocycles. The van der Waals surface area contributed by atoms with Gasteiger partial charge in [-0.15, -0.1) is 0 Å². The third-order valence-corrected chi connectivity index (χ3v) is 1.53. The normalized spacial score (nSPS) is 12.1. The van der Waals surface area contributed by atoms with Gasteiger partial charge in [0.15, 0.2) is 5.78 Å². The summed E-state index contributed by atoms with van der Waals surface area (Å²) in [5.41, 5.74) is 0. The van der Waals surface area contributed by atoms with Gasteiger partial charge in [0.2, 0.25) is 0 Å². The van der Waals surface area contributed by atoms with Crippen LogP contribution in [-0.4, -0.2) is 50.7 Å². The molecule has 0 rings (SSSR count). The molecule has 3 nitrogen and oxygen atoms in total. The summed E-state index contributed by atoms with van der Waals surface area (Å²) in [5.74, 6) is -0.225. The summed E-state index contributed by atoms with van der Waals surface area (Å²) in [7, 11) is 2.84. The Hall–Kier alpha value is -0.620. The van der Waals surface area contributed by atoms with Crippen LogP contribution in [0.2, 0.25) is 0 Å². The highest BCUT2D eigenvalue weighted by Crippen LogP contribution is 2.19. The Balaban J connectivity index is 3.65. The summed E-state index contributed by atoms with van der Waals surface area (Å²) in [4.78, 5) is 12.3. The first kappa shape index (κ1) is 13.4. The topological polar surface area (TPSA) is 29.5 Å². The number of hydrogen-bond acceptors (Lipinski definition) is 3. The molecule has 0 amide bonds. The number of halogens is 3. The van der Waals surface area contributed by atoms with Gasteiger partial charge in [0.05, 0.1) is 13.0 Å². The predicted molar refractivity (Wildman–Crippen MR) is 45.1 cm³/mol. The zero-order chi connectivity index (χ0) is 11.2. The number of carbonyl (C=O) groups is 1. The molecule has 0 saturated heterocycles. The minimum absolute atomic E-state index is 0.0100. The number of Topliss-reactive ketones (excluding diaryl/α,β-unsaturated/α-hetero) is 1. The maximum atomic E-state index is 11.8. The average molecular weight is 213 g/mol. The summed E-state index contributed by atoms with van der Waals surface area (Å²) in [6, 6.07) is 0. The second-order valence-electron chi connectivity index (χ2n) is 3.07. The van der Waals surface area contributed by atoms with Gasteiger partial charge in [-0.1, -0.05) is 0 Å². The largest absolute Gasteiger partial charge is 0.390 e. The molecule has 0 aliphatic rings. The lowest BCUT2D eigenvalue weighted by Gasteiger charge is -2.16. The summed E-state index contributed by atoms with van der Waals surface area (Å²) < 4.78 is 39.8. The van der Waals surface area contributed by atoms with Gasteiger partial charge in [-0.3, -0.25) is 9.69 Å². The lowest BCUT2D eigenvalue weighted by Crippen LogP contribution is -2.31. The van der Waals surface area contributed by atoms with Gasteiger partial charge in [-0.2, -0.15) is 13.2 Å². The SMILES string of the molecule is COCC(=O)CN(C)CCC(F)(F)F. The maximum absolute atomic E-state index is 11.8. The molecule has 6 heteroatoms. The van der Waals surface area contributed by atoms with Crippen LogP contribution >= 0.6 is 0 Å². The van der Waals surface area contributed by atoms with Crippen molar-refractivity contribution >= 4 is 5.78 Å². The first-order valence-corrected chi connectivity index (χ1v) is 4.11. The minimum Gasteiger partial charge on any atom is -0.377 e. The number of alkyl halides is 3. The second kappa shape index (κ2) is 5.98. The number of methoxy groups -OCH3 is 1. The van der Waals surface area contributed by atoms with Gasteiger partial charge in [-0.05, 0) is 7.05 Å². The van der Waals surface area contributed by atoms with Crippen molar-refractivity contribution in [3.63, 3.8) is 0 Å². The van der Waals surface area contributed by atoms with Crippen molar-refractivity contribution in [2.75, 3.05) is 33.9 Å². The predicted octanol–water partition coefficient (Wildman–Crippen LogP) is 1.09. The molecular weight excluding hydrogens is 199 g/mol. The van der Waals surface area contributed by atoms with E-state index < -0.39 is 12.6 Å². The van der Waals surface area contributed by atoms with Gasteiger partial charge in [0, 0.05) is 13.7 Å². The van der Waals surface area contributed by atoms with E-state index in [1.807, 2.05) is 0 Å². The van der Waals surface area contributed by atoms with E-state index in [0.29, 0.717) is 0 Å². The van der Waals surface area contributed by atoms with Crippen LogP contribution in [-0.2, 0) is 9.53 Å². The van der Waals surface area contributed by atoms with Gasteiger partial charge in [0.25, 0.3) is 0 Å². The Morgan fingerprint density at radius 1 is 1.43 bits per heavy atom. The second-order valence-corrected chi connectivity index (χ2v) is 3.07. The first-order chi connectivity index (χ1) is 6.35. The maximum Gasteiger partial charge on any atom is 0.390 e. The zero-order valence-electron chi connectivity index (χ0n) is 8.23. The van der Waals surface area contributed by atoms with Crippen LogP contribution in [0.5, 0.6) is 0 Å². The van der Waals surface area contributed by atoms with E-state index in [9.17, 15) is 18.0 Å². The van der Waals surface area contributed by atoms with Crippen molar-refractivity contribution in [3.05, 3.63) is 0 Å². The summed E-state index contributed by atoms with van der Waals surface area (Å²) in [6.07, 6.45) is -5.07. The van der Waals surface area contributed by atoms with Crippen LogP contribution in [0.15, 0.2) is 0 Å². The Morgan fingerprint density at radius 3 is 2.43 bits per heavy atom. The number of hydrogen-bond donors (Lipinski definition) is 0. The third-order valence-electron chi connectivity index (χ3n) is 1.53. The fraction of sp³-hybridized carbons (Fsp3) is 0.875. The van der Waals surface area contributed by atoms with Crippen molar-refractivity contribution in [2.24, 2.45) is 0 Å². The minimum atomic E-state index is -4.17. The van der Waals surface area contributed by atoms with E-state index in [4.69, 9.17) is 0 Å². The molecule has 0 atom stereocenters. The van der Waals surface area contributed by atoms with E-state index in [-0.39, 0.29) is 25.5 Å². The van der Waals surface area contributed by atoms with Gasteiger partial charge < -0.3 is 4.74 Å². The highest BCUT2D eigenvalue weighted by atomic mass is 19.4. The quantitative estimate of drug-likeness (QED) is 0.661. The number of ether oxygens (including phenoxy) is 1. The molecule has 0 aliphatic heterocycles. The summed E-state index contributed by atoms with van der Waals surface area (Å²) in [5, 5.41) is 0. The van der Waals surface area contributed by atoms with E-state index in [1.165, 1.54) is 19.1 Å². The molecule has 0 heterocycles. The molecule has 0 unspecified atom stereocenters. The van der Waals surface area contributed by atoms with Gasteiger partial charge in [0.1, 0.15) is 6.61 Å². The average Bonchev–Trinajstić information content (AvgIpc) is 2.00. The Bertz CT molecular complexity index is 182. The third kappa shape index (κ3) is 8.00. The van der Waals surface area contributed by atoms with E-state index in [1.54, 1.807) is 0 Å². The number of likely N-dealkylation sites (N-methyl/N-ethyl adjacent to an activating group) is 1. The lowest BCUT2D eigenvalue weighted by molar-refractivity contribution is -0.139. The molecule has 0 spiro atoms. The van der Waals surface area contributed by atoms with Crippen molar-refractivity contribution in [2.45, 2.75) is 12.6 Å². The summed E-state index contributed by atoms with van der Waals surface area (Å²) >= 11 is 0. The van der Waals surface area contributed by atoms with Crippen molar-refractivity contribution in [1.82, 2.24) is 4.90 Å². The Morgan fingerprint density at radius 2 is 2.00 bits per heavy atom. The highest BCUT2D eigenvalue weighted by Gasteiger charge is 2.27. The molecule has 0 radical (unpaired) electrons. The zero-order valence-corrected chi connectivity index (χ0v) is 8.23. The molecule has 0 fully saturated rings. The standard InChI is InChI=1S/C8H14F3NO2/c1-12(4-3-8(9,10)11)5-7(13)6-14-2/h3-6H2,1-2H3. The van der Waals surface area contributed by atoms with Crippen LogP contribution in [0.1, 0.15) is 6.42 Å². The monoisotopic (exact) mass is 213 g/mol. The molecule has 0 aromatic heterocycles. The van der Waals surface area contributed by atoms with Crippen LogP contribution in [0.3, 0.4) is 0 Å². The number of rotatable bonds is 6. The molecule has 0 N–H and O–H groups in total. The molecule has 0 aromatic rings.